The maximum Gasteiger partial charge on any atom is 0.135 e. The summed E-state index contributed by atoms with van der Waals surface area (Å²) in [5.74, 6) is 1.83. The Balaban J connectivity index is 1.54. The summed E-state index contributed by atoms with van der Waals surface area (Å²) in [4.78, 5) is 2.41. The standard InChI is InChI=1S/C31H37NO5/c1-19(2)32(20(3)4)12-15-36-24-9-7-21(8-10-24)28-25-6-5-13-37-31(25)26-17-23(33)16-22-11-14-35-18-27(22)29(26)30(28)34/h6-10,16-17,19-20,33-34H,5,11-15,18H2,1-4H3. The SMILES string of the molecule is CC(C)N(CCOc1ccc(-c2c(O)c3c(c4c2=CCCO4)C=C(O)C=C2CCOCC=32)cc1)C(C)C. The fourth-order valence-electron chi connectivity index (χ4n) is 5.66. The lowest BCUT2D eigenvalue weighted by atomic mass is 9.91. The van der Waals surface area contributed by atoms with Gasteiger partial charge < -0.3 is 24.4 Å². The van der Waals surface area contributed by atoms with Crippen molar-refractivity contribution in [2.45, 2.75) is 52.6 Å². The molecule has 0 amide bonds. The normalized spacial score (nSPS) is 16.8. The van der Waals surface area contributed by atoms with Crippen LogP contribution in [0.5, 0.6) is 17.2 Å². The summed E-state index contributed by atoms with van der Waals surface area (Å²) < 4.78 is 18.0. The van der Waals surface area contributed by atoms with Crippen LogP contribution in [0.1, 0.15) is 46.1 Å². The summed E-state index contributed by atoms with van der Waals surface area (Å²) in [6.07, 6.45) is 7.02. The number of hydrogen-bond acceptors (Lipinski definition) is 6. The smallest absolute Gasteiger partial charge is 0.135 e. The first-order valence-corrected chi connectivity index (χ1v) is 13.3. The zero-order chi connectivity index (χ0) is 26.1. The third-order valence-corrected chi connectivity index (χ3v) is 7.37. The number of allylic oxidation sites excluding steroid dienone is 1. The average Bonchev–Trinajstić information content (AvgIpc) is 3.03. The van der Waals surface area contributed by atoms with Crippen LogP contribution in [0.15, 0.2) is 41.7 Å². The van der Waals surface area contributed by atoms with Gasteiger partial charge in [0.15, 0.2) is 0 Å². The van der Waals surface area contributed by atoms with Gasteiger partial charge in [0.1, 0.15) is 29.6 Å². The van der Waals surface area contributed by atoms with Gasteiger partial charge in [0, 0.05) is 46.6 Å². The van der Waals surface area contributed by atoms with Gasteiger partial charge in [0.2, 0.25) is 0 Å². The number of phenolic OH excluding ortho intramolecular Hbond substituents is 1. The monoisotopic (exact) mass is 503 g/mol. The van der Waals surface area contributed by atoms with Crippen molar-refractivity contribution in [2.24, 2.45) is 0 Å². The maximum atomic E-state index is 11.7. The molecule has 2 aromatic rings. The van der Waals surface area contributed by atoms with E-state index in [9.17, 15) is 10.2 Å². The summed E-state index contributed by atoms with van der Waals surface area (Å²) >= 11 is 0. The Hall–Kier alpha value is -3.22. The molecule has 2 heterocycles. The van der Waals surface area contributed by atoms with E-state index in [1.54, 1.807) is 12.2 Å². The maximum absolute atomic E-state index is 11.7. The van der Waals surface area contributed by atoms with Gasteiger partial charge in [-0.05, 0) is 75.1 Å². The average molecular weight is 504 g/mol. The number of nitrogens with zero attached hydrogens (tertiary/aromatic N) is 1. The van der Waals surface area contributed by atoms with E-state index in [4.69, 9.17) is 14.2 Å². The van der Waals surface area contributed by atoms with Crippen LogP contribution in [0, 0.1) is 0 Å². The highest BCUT2D eigenvalue weighted by atomic mass is 16.5. The second-order valence-corrected chi connectivity index (χ2v) is 10.4. The molecule has 2 aromatic carbocycles. The molecule has 6 nitrogen and oxygen atoms in total. The van der Waals surface area contributed by atoms with Gasteiger partial charge in [-0.3, -0.25) is 4.90 Å². The Morgan fingerprint density at radius 1 is 1.00 bits per heavy atom. The number of hydrogen-bond donors (Lipinski definition) is 2. The predicted molar refractivity (Wildman–Crippen MR) is 147 cm³/mol. The highest BCUT2D eigenvalue weighted by Crippen LogP contribution is 2.35. The van der Waals surface area contributed by atoms with Crippen molar-refractivity contribution in [1.82, 2.24) is 4.90 Å². The molecular weight excluding hydrogens is 466 g/mol. The largest absolute Gasteiger partial charge is 0.508 e. The predicted octanol–water partition coefficient (Wildman–Crippen LogP) is 4.53. The topological polar surface area (TPSA) is 71.4 Å². The third-order valence-electron chi connectivity index (χ3n) is 7.37. The molecule has 37 heavy (non-hydrogen) atoms. The number of benzene rings is 2. The van der Waals surface area contributed by atoms with E-state index in [2.05, 4.69) is 38.7 Å². The molecular formula is C31H37NO5. The lowest BCUT2D eigenvalue weighted by Crippen LogP contribution is -2.39. The molecule has 0 radical (unpaired) electrons. The van der Waals surface area contributed by atoms with E-state index < -0.39 is 0 Å². The van der Waals surface area contributed by atoms with Gasteiger partial charge in [-0.2, -0.15) is 0 Å². The van der Waals surface area contributed by atoms with Gasteiger partial charge in [0.05, 0.1) is 19.8 Å². The number of aromatic hydroxyl groups is 1. The Bertz CT molecular complexity index is 1340. The van der Waals surface area contributed by atoms with Gasteiger partial charge >= 0.3 is 0 Å². The van der Waals surface area contributed by atoms with E-state index in [1.165, 1.54) is 0 Å². The molecule has 196 valence electrons. The molecule has 2 N–H and O–H groups in total. The quantitative estimate of drug-likeness (QED) is 0.579. The number of rotatable bonds is 7. The van der Waals surface area contributed by atoms with Crippen molar-refractivity contribution in [3.63, 3.8) is 0 Å². The minimum atomic E-state index is 0.159. The van der Waals surface area contributed by atoms with E-state index in [0.717, 1.165) is 46.2 Å². The molecule has 5 rings (SSSR count). The number of ether oxygens (including phenoxy) is 3. The van der Waals surface area contributed by atoms with Gasteiger partial charge in [-0.1, -0.05) is 18.2 Å². The molecule has 0 aromatic heterocycles. The van der Waals surface area contributed by atoms with E-state index in [1.807, 2.05) is 24.3 Å². The molecule has 1 fully saturated rings. The number of phenols is 1. The Morgan fingerprint density at radius 3 is 2.49 bits per heavy atom. The molecule has 0 unspecified atom stereocenters. The van der Waals surface area contributed by atoms with E-state index >= 15 is 0 Å². The molecule has 6 heteroatoms. The van der Waals surface area contributed by atoms with E-state index in [-0.39, 0.29) is 11.5 Å². The van der Waals surface area contributed by atoms with Gasteiger partial charge in [0.25, 0.3) is 0 Å². The Kier molecular flexibility index (Phi) is 7.31. The lowest BCUT2D eigenvalue weighted by molar-refractivity contribution is 0.142. The van der Waals surface area contributed by atoms with Crippen LogP contribution in [-0.4, -0.2) is 60.2 Å². The summed E-state index contributed by atoms with van der Waals surface area (Å²) in [5.41, 5.74) is 4.21. The fourth-order valence-corrected chi connectivity index (χ4v) is 5.66. The van der Waals surface area contributed by atoms with E-state index in [0.29, 0.717) is 61.5 Å². The highest BCUT2D eigenvalue weighted by molar-refractivity contribution is 5.85. The zero-order valence-electron chi connectivity index (χ0n) is 22.2. The molecule has 1 aliphatic carbocycles. The molecule has 0 bridgehead atoms. The van der Waals surface area contributed by atoms with Gasteiger partial charge in [-0.15, -0.1) is 0 Å². The minimum Gasteiger partial charge on any atom is -0.508 e. The molecule has 0 atom stereocenters. The zero-order valence-corrected chi connectivity index (χ0v) is 22.2. The fraction of sp³-hybridized carbons (Fsp3) is 0.419. The van der Waals surface area contributed by atoms with Gasteiger partial charge in [-0.25, -0.2) is 0 Å². The third kappa shape index (κ3) is 5.00. The number of aliphatic hydroxyl groups excluding tert-OH is 1. The van der Waals surface area contributed by atoms with Crippen molar-refractivity contribution in [1.29, 1.82) is 0 Å². The van der Waals surface area contributed by atoms with Crippen LogP contribution in [-0.2, 0) is 4.74 Å². The molecule has 1 saturated heterocycles. The van der Waals surface area contributed by atoms with Crippen LogP contribution >= 0.6 is 0 Å². The second kappa shape index (κ2) is 10.6. The van der Waals surface area contributed by atoms with Crippen LogP contribution in [0.2, 0.25) is 0 Å². The first kappa shape index (κ1) is 25.4. The first-order valence-electron chi connectivity index (χ1n) is 13.3. The van der Waals surface area contributed by atoms with Crippen molar-refractivity contribution in [2.75, 3.05) is 33.0 Å². The van der Waals surface area contributed by atoms with Crippen LogP contribution in [0.25, 0.3) is 28.9 Å². The lowest BCUT2D eigenvalue weighted by Gasteiger charge is -2.30. The Labute approximate surface area is 218 Å². The summed E-state index contributed by atoms with van der Waals surface area (Å²) in [5, 5.41) is 23.9. The first-order chi connectivity index (χ1) is 17.8. The molecule has 0 saturated carbocycles. The molecule has 3 aliphatic rings. The van der Waals surface area contributed by atoms with Crippen LogP contribution in [0.3, 0.4) is 0 Å². The van der Waals surface area contributed by atoms with Crippen molar-refractivity contribution >= 4 is 17.7 Å². The molecule has 2 aliphatic heterocycles. The minimum absolute atomic E-state index is 0.159. The highest BCUT2D eigenvalue weighted by Gasteiger charge is 2.26. The van der Waals surface area contributed by atoms with Crippen molar-refractivity contribution in [3.8, 4) is 28.4 Å². The summed E-state index contributed by atoms with van der Waals surface area (Å²) in [6, 6.07) is 8.83. The Morgan fingerprint density at radius 2 is 1.76 bits per heavy atom. The van der Waals surface area contributed by atoms with Crippen LogP contribution < -0.4 is 19.9 Å². The summed E-state index contributed by atoms with van der Waals surface area (Å²) in [6.45, 7) is 11.8. The van der Waals surface area contributed by atoms with Crippen molar-refractivity contribution in [3.05, 3.63) is 57.7 Å². The second-order valence-electron chi connectivity index (χ2n) is 10.4. The number of aliphatic hydroxyl groups is 1. The summed E-state index contributed by atoms with van der Waals surface area (Å²) in [7, 11) is 0. The van der Waals surface area contributed by atoms with Crippen molar-refractivity contribution < 1.29 is 24.4 Å². The molecule has 0 spiro atoms. The number of fused-ring (bicyclic) bond motifs is 4. The van der Waals surface area contributed by atoms with Crippen LogP contribution in [0.4, 0.5) is 0 Å².